The summed E-state index contributed by atoms with van der Waals surface area (Å²) in [5.41, 5.74) is 16.2. The fraction of sp³-hybridized carbons (Fsp3) is 0.525. The molecule has 2 aromatic carbocycles. The van der Waals surface area contributed by atoms with Gasteiger partial charge in [-0.1, -0.05) is 63.1 Å². The van der Waals surface area contributed by atoms with Crippen molar-refractivity contribution in [3.63, 3.8) is 0 Å². The number of thiazole rings is 1. The highest BCUT2D eigenvalue weighted by Gasteiger charge is 2.44. The number of halogens is 2. The average molecular weight is 820 g/mol. The van der Waals surface area contributed by atoms with E-state index in [9.17, 15) is 24.3 Å². The Morgan fingerprint density at radius 2 is 1.78 bits per heavy atom. The van der Waals surface area contributed by atoms with Crippen molar-refractivity contribution in [1.82, 2.24) is 20.5 Å². The first kappa shape index (κ1) is 45.6. The summed E-state index contributed by atoms with van der Waals surface area (Å²) in [6, 6.07) is 11.0. The van der Waals surface area contributed by atoms with E-state index in [1.54, 1.807) is 23.5 Å². The second-order valence-corrected chi connectivity index (χ2v) is 16.5. The molecule has 12 nitrogen and oxygen atoms in total. The van der Waals surface area contributed by atoms with E-state index in [-0.39, 0.29) is 68.7 Å². The standard InChI is InChI=1S/C40H55ClN6O6S.ClH/c1-24(26-11-13-27(14-12-26)36-25(2)44-23-54-36)45-38(51)33-20-30(48)21-47(33)39(52)37(40(3,4)5)46-35(50)10-8-6-7-9-28-19-31(16-17-32(28)41)53-22-29(42)15-18-34(43)49;/h11-14,16-17,19,23-24,29-30,33,37,48H,6-10,15,18,20-22,42H2,1-5H3,(H2,43,49)(H,45,51)(H,46,50);1H/t24-,29-,30+,33-,37+;/m0./s1. The number of aryl methyl sites for hydroxylation is 2. The van der Waals surface area contributed by atoms with Gasteiger partial charge in [-0.15, -0.1) is 23.7 Å². The smallest absolute Gasteiger partial charge is 0.246 e. The average Bonchev–Trinajstić information content (AvgIpc) is 3.74. The third-order valence-corrected chi connectivity index (χ3v) is 11.0. The molecule has 0 radical (unpaired) electrons. The predicted molar refractivity (Wildman–Crippen MR) is 219 cm³/mol. The number of aliphatic hydroxyl groups excluding tert-OH is 1. The van der Waals surface area contributed by atoms with Gasteiger partial charge in [0, 0.05) is 36.9 Å². The number of benzene rings is 2. The molecule has 4 amide bonds. The fourth-order valence-corrected chi connectivity index (χ4v) is 7.50. The second kappa shape index (κ2) is 21.0. The quantitative estimate of drug-likeness (QED) is 0.102. The maximum Gasteiger partial charge on any atom is 0.246 e. The van der Waals surface area contributed by atoms with Gasteiger partial charge in [-0.25, -0.2) is 4.98 Å². The molecule has 0 unspecified atom stereocenters. The van der Waals surface area contributed by atoms with Gasteiger partial charge in [-0.2, -0.15) is 0 Å². The number of hydrogen-bond acceptors (Lipinski definition) is 9. The molecule has 5 atom stereocenters. The van der Waals surface area contributed by atoms with Gasteiger partial charge in [-0.3, -0.25) is 19.2 Å². The van der Waals surface area contributed by atoms with Gasteiger partial charge in [0.05, 0.1) is 28.2 Å². The number of nitrogens with one attached hydrogen (secondary N) is 2. The molecule has 0 aliphatic carbocycles. The first-order chi connectivity index (χ1) is 25.5. The molecule has 2 heterocycles. The third kappa shape index (κ3) is 13.5. The van der Waals surface area contributed by atoms with Crippen molar-refractivity contribution in [2.75, 3.05) is 13.2 Å². The molecule has 7 N–H and O–H groups in total. The number of rotatable bonds is 18. The lowest BCUT2D eigenvalue weighted by Crippen LogP contribution is -2.57. The summed E-state index contributed by atoms with van der Waals surface area (Å²) in [6.45, 7) is 9.71. The number of primary amides is 1. The number of hydrogen-bond donors (Lipinski definition) is 5. The lowest BCUT2D eigenvalue weighted by Gasteiger charge is -2.35. The molecule has 1 aliphatic rings. The Bertz CT molecular complexity index is 1750. The van der Waals surface area contributed by atoms with Gasteiger partial charge < -0.3 is 36.8 Å². The van der Waals surface area contributed by atoms with Crippen molar-refractivity contribution in [3.05, 3.63) is 69.8 Å². The number of aliphatic hydroxyl groups is 1. The van der Waals surface area contributed by atoms with E-state index in [4.69, 9.17) is 27.8 Å². The van der Waals surface area contributed by atoms with E-state index < -0.39 is 35.4 Å². The Balaban J connectivity index is 0.00000812. The highest BCUT2D eigenvalue weighted by molar-refractivity contribution is 7.13. The van der Waals surface area contributed by atoms with Gasteiger partial charge in [0.2, 0.25) is 23.6 Å². The summed E-state index contributed by atoms with van der Waals surface area (Å²) in [5.74, 6) is -0.765. The fourth-order valence-electron chi connectivity index (χ4n) is 6.47. The molecule has 15 heteroatoms. The summed E-state index contributed by atoms with van der Waals surface area (Å²) in [5, 5.41) is 17.2. The van der Waals surface area contributed by atoms with Gasteiger partial charge >= 0.3 is 0 Å². The van der Waals surface area contributed by atoms with Crippen LogP contribution in [0.3, 0.4) is 0 Å². The van der Waals surface area contributed by atoms with Crippen molar-refractivity contribution in [1.29, 1.82) is 0 Å². The predicted octanol–water partition coefficient (Wildman–Crippen LogP) is 5.64. The minimum Gasteiger partial charge on any atom is -0.492 e. The summed E-state index contributed by atoms with van der Waals surface area (Å²) in [6.07, 6.45) is 2.96. The number of carbonyl (C=O) groups is 4. The zero-order chi connectivity index (χ0) is 39.6. The van der Waals surface area contributed by atoms with Gasteiger partial charge in [0.25, 0.3) is 0 Å². The van der Waals surface area contributed by atoms with E-state index >= 15 is 0 Å². The van der Waals surface area contributed by atoms with Gasteiger partial charge in [0.1, 0.15) is 24.4 Å². The molecule has 1 aliphatic heterocycles. The number of ether oxygens (including phenoxy) is 1. The summed E-state index contributed by atoms with van der Waals surface area (Å²) < 4.78 is 5.80. The number of nitrogens with zero attached hydrogens (tertiary/aromatic N) is 2. The zero-order valence-corrected chi connectivity index (χ0v) is 34.7. The van der Waals surface area contributed by atoms with Crippen LogP contribution in [0.5, 0.6) is 5.75 Å². The number of carbonyl (C=O) groups excluding carboxylic acids is 4. The van der Waals surface area contributed by atoms with Crippen LogP contribution in [0.1, 0.15) is 95.5 Å². The van der Waals surface area contributed by atoms with Crippen molar-refractivity contribution < 1.29 is 29.0 Å². The van der Waals surface area contributed by atoms with E-state index in [1.807, 2.05) is 70.5 Å². The lowest BCUT2D eigenvalue weighted by molar-refractivity contribution is -0.144. The monoisotopic (exact) mass is 818 g/mol. The van der Waals surface area contributed by atoms with E-state index in [1.165, 1.54) is 4.90 Å². The van der Waals surface area contributed by atoms with Crippen LogP contribution in [0.15, 0.2) is 48.0 Å². The number of aromatic nitrogens is 1. The normalized spacial score (nSPS) is 17.1. The largest absolute Gasteiger partial charge is 0.492 e. The van der Waals surface area contributed by atoms with Crippen LogP contribution < -0.4 is 26.8 Å². The first-order valence-corrected chi connectivity index (χ1v) is 19.8. The molecule has 0 saturated carbocycles. The van der Waals surface area contributed by atoms with Crippen molar-refractivity contribution in [2.45, 2.75) is 116 Å². The Labute approximate surface area is 339 Å². The van der Waals surface area contributed by atoms with Crippen molar-refractivity contribution in [2.24, 2.45) is 16.9 Å². The molecule has 1 aromatic heterocycles. The number of unbranched alkanes of at least 4 members (excludes halogenated alkanes) is 2. The summed E-state index contributed by atoms with van der Waals surface area (Å²) in [7, 11) is 0. The Kier molecular flexibility index (Phi) is 17.4. The van der Waals surface area contributed by atoms with Crippen LogP contribution in [-0.4, -0.2) is 76.0 Å². The highest BCUT2D eigenvalue weighted by Crippen LogP contribution is 2.30. The lowest BCUT2D eigenvalue weighted by atomic mass is 9.85. The molecule has 0 bridgehead atoms. The molecule has 1 fully saturated rings. The molecular formula is C40H56Cl2N6O6S. The van der Waals surface area contributed by atoms with E-state index in [0.29, 0.717) is 30.0 Å². The Hall–Kier alpha value is -3.75. The van der Waals surface area contributed by atoms with Crippen LogP contribution in [0.4, 0.5) is 0 Å². The van der Waals surface area contributed by atoms with Crippen molar-refractivity contribution in [3.8, 4) is 16.2 Å². The molecule has 0 spiro atoms. The maximum absolute atomic E-state index is 14.0. The Morgan fingerprint density at radius 3 is 2.42 bits per heavy atom. The second-order valence-electron chi connectivity index (χ2n) is 15.3. The van der Waals surface area contributed by atoms with E-state index in [2.05, 4.69) is 15.6 Å². The van der Waals surface area contributed by atoms with Crippen LogP contribution in [-0.2, 0) is 25.6 Å². The molecular weight excluding hydrogens is 763 g/mol. The SMILES string of the molecule is Cc1ncsc1-c1ccc([C@H](C)NC(=O)[C@@H]2C[C@@H](O)CN2C(=O)[C@@H](NC(=O)CCCCCc2cc(OC[C@@H](N)CCC(N)=O)ccc2Cl)C(C)(C)C)cc1.Cl. The molecule has 55 heavy (non-hydrogen) atoms. The van der Waals surface area contributed by atoms with Crippen LogP contribution in [0, 0.1) is 12.3 Å². The number of nitrogens with two attached hydrogens (primary N) is 2. The first-order valence-electron chi connectivity index (χ1n) is 18.6. The molecule has 4 rings (SSSR count). The highest BCUT2D eigenvalue weighted by atomic mass is 35.5. The number of β-amino-alcohol motifs (C(OH)–C–C–N with tert-alkyl or cyclic N) is 1. The zero-order valence-electron chi connectivity index (χ0n) is 32.3. The number of amides is 4. The minimum atomic E-state index is -0.892. The Morgan fingerprint density at radius 1 is 1.07 bits per heavy atom. The topological polar surface area (TPSA) is 190 Å². The summed E-state index contributed by atoms with van der Waals surface area (Å²) >= 11 is 8.01. The maximum atomic E-state index is 14.0. The molecule has 302 valence electrons. The van der Waals surface area contributed by atoms with Gasteiger partial charge in [0.15, 0.2) is 0 Å². The van der Waals surface area contributed by atoms with Crippen molar-refractivity contribution >= 4 is 59.0 Å². The summed E-state index contributed by atoms with van der Waals surface area (Å²) in [4.78, 5) is 58.6. The van der Waals surface area contributed by atoms with Crippen LogP contribution in [0.2, 0.25) is 5.02 Å². The van der Waals surface area contributed by atoms with Crippen LogP contribution in [0.25, 0.3) is 10.4 Å². The van der Waals surface area contributed by atoms with Crippen LogP contribution >= 0.6 is 35.3 Å². The van der Waals surface area contributed by atoms with E-state index in [0.717, 1.165) is 40.1 Å². The molecule has 3 aromatic rings. The molecule has 1 saturated heterocycles. The minimum absolute atomic E-state index is 0. The number of likely N-dealkylation sites (tertiary alicyclic amines) is 1. The van der Waals surface area contributed by atoms with Gasteiger partial charge in [-0.05, 0) is 79.8 Å². The third-order valence-electron chi connectivity index (χ3n) is 9.65.